The van der Waals surface area contributed by atoms with Gasteiger partial charge in [-0.1, -0.05) is 152 Å². The molecule has 0 spiro atoms. The fourth-order valence-corrected chi connectivity index (χ4v) is 6.54. The first-order chi connectivity index (χ1) is 19.9. The molecule has 200 valence electrons. The van der Waals surface area contributed by atoms with E-state index in [1.54, 1.807) is 0 Å². The molecule has 1 N–H and O–H groups in total. The van der Waals surface area contributed by atoms with Gasteiger partial charge >= 0.3 is 0 Å². The lowest BCUT2D eigenvalue weighted by Gasteiger charge is -2.51. The molecule has 5 aromatic carbocycles. The predicted octanol–water partition coefficient (Wildman–Crippen LogP) is 8.36. The molecule has 0 saturated carbocycles. The lowest BCUT2D eigenvalue weighted by atomic mass is 9.73. The highest BCUT2D eigenvalue weighted by Gasteiger charge is 2.44. The topological polar surface area (TPSA) is 15.3 Å². The van der Waals surface area contributed by atoms with Gasteiger partial charge in [0.2, 0.25) is 0 Å². The van der Waals surface area contributed by atoms with Crippen molar-refractivity contribution in [2.24, 2.45) is 0 Å². The Morgan fingerprint density at radius 3 is 1.57 bits per heavy atom. The minimum absolute atomic E-state index is 0.236. The Morgan fingerprint density at radius 1 is 0.525 bits per heavy atom. The molecule has 0 aliphatic carbocycles. The van der Waals surface area contributed by atoms with E-state index in [9.17, 15) is 0 Å². The van der Waals surface area contributed by atoms with Crippen molar-refractivity contribution in [1.82, 2.24) is 10.2 Å². The van der Waals surface area contributed by atoms with Crippen molar-refractivity contribution in [3.8, 4) is 0 Å². The lowest BCUT2D eigenvalue weighted by Crippen LogP contribution is -2.51. The number of piperidine rings is 1. The Hall–Kier alpha value is -3.98. The zero-order valence-corrected chi connectivity index (χ0v) is 23.0. The van der Waals surface area contributed by atoms with E-state index in [4.69, 9.17) is 0 Å². The van der Waals surface area contributed by atoms with Crippen LogP contribution in [0.5, 0.6) is 0 Å². The Labute approximate surface area is 239 Å². The van der Waals surface area contributed by atoms with Crippen molar-refractivity contribution in [3.63, 3.8) is 0 Å². The summed E-state index contributed by atoms with van der Waals surface area (Å²) < 4.78 is 0. The van der Waals surface area contributed by atoms with E-state index in [-0.39, 0.29) is 6.04 Å². The number of rotatable bonds is 9. The highest BCUT2D eigenvalue weighted by molar-refractivity contribution is 5.34. The quantitative estimate of drug-likeness (QED) is 0.209. The number of hydrogen-bond acceptors (Lipinski definition) is 2. The minimum Gasteiger partial charge on any atom is -0.309 e. The second-order valence-electron chi connectivity index (χ2n) is 10.9. The van der Waals surface area contributed by atoms with Gasteiger partial charge in [-0.15, -0.1) is 0 Å². The van der Waals surface area contributed by atoms with Gasteiger partial charge in [0, 0.05) is 37.1 Å². The van der Waals surface area contributed by atoms with Crippen molar-refractivity contribution in [2.75, 3.05) is 6.54 Å². The van der Waals surface area contributed by atoms with Crippen LogP contribution in [0.15, 0.2) is 152 Å². The van der Waals surface area contributed by atoms with Gasteiger partial charge in [-0.25, -0.2) is 0 Å². The molecule has 0 amide bonds. The molecule has 1 fully saturated rings. The maximum atomic E-state index is 4.05. The zero-order chi connectivity index (χ0) is 27.0. The highest BCUT2D eigenvalue weighted by Crippen LogP contribution is 2.49. The van der Waals surface area contributed by atoms with Gasteiger partial charge < -0.3 is 5.32 Å². The van der Waals surface area contributed by atoms with Gasteiger partial charge in [0.25, 0.3) is 0 Å². The maximum Gasteiger partial charge on any atom is 0.0437 e. The van der Waals surface area contributed by atoms with Gasteiger partial charge in [0.1, 0.15) is 0 Å². The van der Waals surface area contributed by atoms with Gasteiger partial charge in [-0.3, -0.25) is 4.90 Å². The third kappa shape index (κ3) is 6.09. The summed E-state index contributed by atoms with van der Waals surface area (Å²) >= 11 is 0. The summed E-state index contributed by atoms with van der Waals surface area (Å²) in [6.45, 7) is 1.86. The van der Waals surface area contributed by atoms with Gasteiger partial charge in [-0.05, 0) is 40.7 Å². The molecular weight excluding hydrogens is 484 g/mol. The van der Waals surface area contributed by atoms with Crippen LogP contribution in [0, 0.1) is 0 Å². The van der Waals surface area contributed by atoms with Gasteiger partial charge in [0.05, 0.1) is 0 Å². The molecule has 6 rings (SSSR count). The molecule has 4 atom stereocenters. The van der Waals surface area contributed by atoms with Crippen molar-refractivity contribution in [1.29, 1.82) is 0 Å². The summed E-state index contributed by atoms with van der Waals surface area (Å²) in [4.78, 5) is 2.80. The largest absolute Gasteiger partial charge is 0.309 e. The average Bonchev–Trinajstić information content (AvgIpc) is 3.04. The SMILES string of the molecule is c1ccc(CCN2[C@H](c3ccccc3)C[C@H](NCc3ccccc3)[C@@H](c3ccccc3)[C@@H]2c2ccccc2)cc1. The number of nitrogens with one attached hydrogen (secondary N) is 1. The van der Waals surface area contributed by atoms with Crippen LogP contribution in [0.2, 0.25) is 0 Å². The number of hydrogen-bond donors (Lipinski definition) is 1. The van der Waals surface area contributed by atoms with Crippen molar-refractivity contribution in [2.45, 2.75) is 43.4 Å². The summed E-state index contributed by atoms with van der Waals surface area (Å²) in [5, 5.41) is 4.05. The first-order valence-electron chi connectivity index (χ1n) is 14.6. The second-order valence-corrected chi connectivity index (χ2v) is 10.9. The van der Waals surface area contributed by atoms with Crippen LogP contribution in [0.1, 0.15) is 52.2 Å². The summed E-state index contributed by atoms with van der Waals surface area (Å²) in [5.74, 6) is 0.308. The van der Waals surface area contributed by atoms with Crippen molar-refractivity contribution < 1.29 is 0 Å². The van der Waals surface area contributed by atoms with E-state index in [0.29, 0.717) is 18.0 Å². The molecule has 1 aliphatic heterocycles. The summed E-state index contributed by atoms with van der Waals surface area (Å²) in [7, 11) is 0. The van der Waals surface area contributed by atoms with Crippen LogP contribution in [-0.2, 0) is 13.0 Å². The molecule has 1 aliphatic rings. The Morgan fingerprint density at radius 2 is 1.00 bits per heavy atom. The number of likely N-dealkylation sites (tertiary alicyclic amines) is 1. The first-order valence-corrected chi connectivity index (χ1v) is 14.6. The van der Waals surface area contributed by atoms with E-state index >= 15 is 0 Å². The standard InChI is InChI=1S/C38H38N2/c1-6-16-30(17-7-1)26-27-40-36(32-20-10-3-11-21-32)28-35(39-29-31-18-8-2-9-19-31)37(33-22-12-4-13-23-33)38(40)34-24-14-5-15-25-34/h1-25,35-39H,26-29H2/t35-,36-,37+,38-/m0/s1. The third-order valence-electron chi connectivity index (χ3n) is 8.43. The van der Waals surface area contributed by atoms with Crippen molar-refractivity contribution >= 4 is 0 Å². The molecule has 2 heteroatoms. The summed E-state index contributed by atoms with van der Waals surface area (Å²) in [5.41, 5.74) is 6.90. The Bertz CT molecular complexity index is 1420. The zero-order valence-electron chi connectivity index (χ0n) is 23.0. The normalized spacial score (nSPS) is 21.2. The van der Waals surface area contributed by atoms with Crippen LogP contribution < -0.4 is 5.32 Å². The monoisotopic (exact) mass is 522 g/mol. The molecule has 2 nitrogen and oxygen atoms in total. The Kier molecular flexibility index (Phi) is 8.48. The summed E-state index contributed by atoms with van der Waals surface area (Å²) in [6.07, 6.45) is 2.08. The molecule has 40 heavy (non-hydrogen) atoms. The lowest BCUT2D eigenvalue weighted by molar-refractivity contribution is 0.0429. The van der Waals surface area contributed by atoms with E-state index in [1.807, 2.05) is 0 Å². The smallest absolute Gasteiger partial charge is 0.0437 e. The van der Waals surface area contributed by atoms with Crippen LogP contribution in [0.3, 0.4) is 0 Å². The molecule has 5 aromatic rings. The van der Waals surface area contributed by atoms with Crippen LogP contribution in [0.4, 0.5) is 0 Å². The molecular formula is C38H38N2. The average molecular weight is 523 g/mol. The van der Waals surface area contributed by atoms with E-state index in [0.717, 1.165) is 25.9 Å². The molecule has 0 bridgehead atoms. The molecule has 0 aromatic heterocycles. The van der Waals surface area contributed by atoms with E-state index in [2.05, 4.69) is 162 Å². The van der Waals surface area contributed by atoms with E-state index in [1.165, 1.54) is 27.8 Å². The molecule has 0 unspecified atom stereocenters. The fraction of sp³-hybridized carbons (Fsp3) is 0.211. The second kappa shape index (κ2) is 12.9. The fourth-order valence-electron chi connectivity index (χ4n) is 6.54. The third-order valence-corrected chi connectivity index (χ3v) is 8.43. The van der Waals surface area contributed by atoms with Crippen LogP contribution in [-0.4, -0.2) is 17.5 Å². The van der Waals surface area contributed by atoms with Gasteiger partial charge in [0.15, 0.2) is 0 Å². The molecule has 1 heterocycles. The maximum absolute atomic E-state index is 4.05. The highest BCUT2D eigenvalue weighted by atomic mass is 15.2. The van der Waals surface area contributed by atoms with E-state index < -0.39 is 0 Å². The first kappa shape index (κ1) is 26.3. The Balaban J connectivity index is 1.44. The summed E-state index contributed by atoms with van der Waals surface area (Å²) in [6, 6.07) is 56.2. The predicted molar refractivity (Wildman–Crippen MR) is 166 cm³/mol. The van der Waals surface area contributed by atoms with Crippen molar-refractivity contribution in [3.05, 3.63) is 179 Å². The number of nitrogens with zero attached hydrogens (tertiary/aromatic N) is 1. The number of benzene rings is 5. The molecule has 1 saturated heterocycles. The van der Waals surface area contributed by atoms with Crippen LogP contribution >= 0.6 is 0 Å². The molecule has 0 radical (unpaired) electrons. The minimum atomic E-state index is 0.236. The van der Waals surface area contributed by atoms with Crippen LogP contribution in [0.25, 0.3) is 0 Å². The van der Waals surface area contributed by atoms with Gasteiger partial charge in [-0.2, -0.15) is 0 Å².